The van der Waals surface area contributed by atoms with Crippen molar-refractivity contribution in [2.45, 2.75) is 33.3 Å². The highest BCUT2D eigenvalue weighted by atomic mass is 19.1. The highest BCUT2D eigenvalue weighted by Crippen LogP contribution is 2.24. The normalized spacial score (nSPS) is 22.9. The summed E-state index contributed by atoms with van der Waals surface area (Å²) in [6.45, 7) is 6.74. The lowest BCUT2D eigenvalue weighted by molar-refractivity contribution is -0.148. The van der Waals surface area contributed by atoms with Crippen molar-refractivity contribution in [3.63, 3.8) is 0 Å². The van der Waals surface area contributed by atoms with Gasteiger partial charge in [-0.15, -0.1) is 0 Å². The van der Waals surface area contributed by atoms with E-state index in [0.29, 0.717) is 19.7 Å². The molecule has 1 atom stereocenters. The van der Waals surface area contributed by atoms with E-state index in [1.165, 1.54) is 0 Å². The van der Waals surface area contributed by atoms with Crippen molar-refractivity contribution in [2.24, 2.45) is 5.41 Å². The molecule has 0 N–H and O–H groups in total. The monoisotopic (exact) mass is 217 g/mol. The Labute approximate surface area is 90.6 Å². The van der Waals surface area contributed by atoms with Crippen molar-refractivity contribution < 1.29 is 13.9 Å². The zero-order chi connectivity index (χ0) is 11.5. The van der Waals surface area contributed by atoms with Gasteiger partial charge in [0.15, 0.2) is 0 Å². The average molecular weight is 217 g/mol. The number of hydrogen-bond acceptors (Lipinski definition) is 2. The van der Waals surface area contributed by atoms with E-state index < -0.39 is 12.8 Å². The maximum absolute atomic E-state index is 12.4. The van der Waals surface area contributed by atoms with E-state index in [1.54, 1.807) is 4.90 Å². The highest BCUT2D eigenvalue weighted by Gasteiger charge is 2.33. The summed E-state index contributed by atoms with van der Waals surface area (Å²) >= 11 is 0. The molecule has 0 bridgehead atoms. The third-order valence-corrected chi connectivity index (χ3v) is 3.06. The number of halogens is 1. The third-order valence-electron chi connectivity index (χ3n) is 3.06. The fraction of sp³-hybridized carbons (Fsp3) is 0.909. The lowest BCUT2D eigenvalue weighted by atomic mass is 9.88. The van der Waals surface area contributed by atoms with Gasteiger partial charge in [-0.25, -0.2) is 4.39 Å². The molecule has 88 valence electrons. The van der Waals surface area contributed by atoms with Gasteiger partial charge in [0.2, 0.25) is 5.91 Å². The summed E-state index contributed by atoms with van der Waals surface area (Å²) in [5.74, 6) is 0.103. The van der Waals surface area contributed by atoms with Crippen molar-refractivity contribution in [1.29, 1.82) is 0 Å². The van der Waals surface area contributed by atoms with Crippen LogP contribution >= 0.6 is 0 Å². The standard InChI is InChI=1S/C11H20FNO2/c1-4-11(2,3)10(14)13-5-6-15-9(7-12)8-13/h9H,4-8H2,1-3H3/t9-/m0/s1. The van der Waals surface area contributed by atoms with E-state index in [4.69, 9.17) is 4.74 Å². The van der Waals surface area contributed by atoms with Gasteiger partial charge in [0.05, 0.1) is 6.61 Å². The Morgan fingerprint density at radius 1 is 1.60 bits per heavy atom. The van der Waals surface area contributed by atoms with Gasteiger partial charge in [-0.2, -0.15) is 0 Å². The molecule has 0 aliphatic carbocycles. The molecule has 0 spiro atoms. The second kappa shape index (κ2) is 4.92. The van der Waals surface area contributed by atoms with Crippen molar-refractivity contribution in [3.8, 4) is 0 Å². The lowest BCUT2D eigenvalue weighted by Gasteiger charge is -2.36. The minimum atomic E-state index is -0.518. The molecule has 1 heterocycles. The van der Waals surface area contributed by atoms with Gasteiger partial charge in [0.25, 0.3) is 0 Å². The van der Waals surface area contributed by atoms with Crippen LogP contribution < -0.4 is 0 Å². The predicted octanol–water partition coefficient (Wildman–Crippen LogP) is 1.62. The smallest absolute Gasteiger partial charge is 0.228 e. The first-order chi connectivity index (χ1) is 7.01. The Morgan fingerprint density at radius 2 is 2.27 bits per heavy atom. The van der Waals surface area contributed by atoms with Gasteiger partial charge < -0.3 is 9.64 Å². The van der Waals surface area contributed by atoms with E-state index in [9.17, 15) is 9.18 Å². The summed E-state index contributed by atoms with van der Waals surface area (Å²) in [6.07, 6.45) is 0.360. The van der Waals surface area contributed by atoms with Gasteiger partial charge >= 0.3 is 0 Å². The average Bonchev–Trinajstić information content (AvgIpc) is 2.28. The van der Waals surface area contributed by atoms with Gasteiger partial charge in [0, 0.05) is 18.5 Å². The summed E-state index contributed by atoms with van der Waals surface area (Å²) in [5.41, 5.74) is -0.349. The zero-order valence-electron chi connectivity index (χ0n) is 9.75. The van der Waals surface area contributed by atoms with E-state index in [2.05, 4.69) is 0 Å². The van der Waals surface area contributed by atoms with Crippen molar-refractivity contribution in [2.75, 3.05) is 26.4 Å². The van der Waals surface area contributed by atoms with E-state index in [0.717, 1.165) is 6.42 Å². The summed E-state index contributed by atoms with van der Waals surface area (Å²) in [7, 11) is 0. The fourth-order valence-corrected chi connectivity index (χ4v) is 1.58. The molecule has 1 rings (SSSR count). The van der Waals surface area contributed by atoms with Crippen LogP contribution in [0.4, 0.5) is 4.39 Å². The number of carbonyl (C=O) groups is 1. The molecule has 1 amide bonds. The summed E-state index contributed by atoms with van der Waals surface area (Å²) < 4.78 is 17.6. The van der Waals surface area contributed by atoms with Gasteiger partial charge in [-0.3, -0.25) is 4.79 Å². The Kier molecular flexibility index (Phi) is 4.08. The van der Waals surface area contributed by atoms with Crippen LogP contribution in [0.5, 0.6) is 0 Å². The molecule has 0 radical (unpaired) electrons. The van der Waals surface area contributed by atoms with Crippen molar-refractivity contribution in [3.05, 3.63) is 0 Å². The molecule has 4 heteroatoms. The lowest BCUT2D eigenvalue weighted by Crippen LogP contribution is -2.50. The molecule has 0 aromatic carbocycles. The second-order valence-electron chi connectivity index (χ2n) is 4.64. The molecule has 1 fully saturated rings. The van der Waals surface area contributed by atoms with Crippen LogP contribution in [-0.2, 0) is 9.53 Å². The van der Waals surface area contributed by atoms with E-state index >= 15 is 0 Å². The molecular weight excluding hydrogens is 197 g/mol. The molecule has 0 unspecified atom stereocenters. The molecule has 0 aromatic heterocycles. The Morgan fingerprint density at radius 3 is 2.80 bits per heavy atom. The summed E-state index contributed by atoms with van der Waals surface area (Å²) in [5, 5.41) is 0. The van der Waals surface area contributed by atoms with Crippen LogP contribution in [0.2, 0.25) is 0 Å². The van der Waals surface area contributed by atoms with Crippen molar-refractivity contribution >= 4 is 5.91 Å². The molecule has 3 nitrogen and oxygen atoms in total. The van der Waals surface area contributed by atoms with Crippen molar-refractivity contribution in [1.82, 2.24) is 4.90 Å². The number of amides is 1. The maximum atomic E-state index is 12.4. The quantitative estimate of drug-likeness (QED) is 0.719. The summed E-state index contributed by atoms with van der Waals surface area (Å²) in [4.78, 5) is 13.8. The van der Waals surface area contributed by atoms with Gasteiger partial charge in [-0.05, 0) is 6.42 Å². The number of rotatable bonds is 3. The van der Waals surface area contributed by atoms with E-state index in [1.807, 2.05) is 20.8 Å². The first-order valence-electron chi connectivity index (χ1n) is 5.48. The van der Waals surface area contributed by atoms with Gasteiger partial charge in [0.1, 0.15) is 12.8 Å². The Balaban J connectivity index is 2.60. The van der Waals surface area contributed by atoms with E-state index in [-0.39, 0.29) is 11.3 Å². The number of hydrogen-bond donors (Lipinski definition) is 0. The number of alkyl halides is 1. The molecule has 1 aliphatic rings. The van der Waals surface area contributed by atoms with Crippen LogP contribution in [0.25, 0.3) is 0 Å². The van der Waals surface area contributed by atoms with Crippen LogP contribution in [0.1, 0.15) is 27.2 Å². The van der Waals surface area contributed by atoms with Crippen LogP contribution in [0, 0.1) is 5.41 Å². The topological polar surface area (TPSA) is 29.5 Å². The first kappa shape index (κ1) is 12.4. The van der Waals surface area contributed by atoms with Crippen LogP contribution in [0.3, 0.4) is 0 Å². The number of morpholine rings is 1. The molecule has 1 saturated heterocycles. The number of nitrogens with zero attached hydrogens (tertiary/aromatic N) is 1. The van der Waals surface area contributed by atoms with Gasteiger partial charge in [-0.1, -0.05) is 20.8 Å². The Hall–Kier alpha value is -0.640. The summed E-state index contributed by atoms with van der Waals surface area (Å²) in [6, 6.07) is 0. The maximum Gasteiger partial charge on any atom is 0.228 e. The van der Waals surface area contributed by atoms with Crippen LogP contribution in [-0.4, -0.2) is 43.3 Å². The molecule has 15 heavy (non-hydrogen) atoms. The first-order valence-corrected chi connectivity index (χ1v) is 5.48. The Bertz CT molecular complexity index is 231. The molecule has 0 saturated carbocycles. The zero-order valence-corrected chi connectivity index (χ0v) is 9.75. The fourth-order valence-electron chi connectivity index (χ4n) is 1.58. The largest absolute Gasteiger partial charge is 0.372 e. The minimum Gasteiger partial charge on any atom is -0.372 e. The number of carbonyl (C=O) groups excluding carboxylic acids is 1. The molecule has 0 aromatic rings. The SMILES string of the molecule is CCC(C)(C)C(=O)N1CCO[C@@H](CF)C1. The highest BCUT2D eigenvalue weighted by molar-refractivity contribution is 5.82. The third kappa shape index (κ3) is 2.91. The van der Waals surface area contributed by atoms with Crippen LogP contribution in [0.15, 0.2) is 0 Å². The molecular formula is C11H20FNO2. The predicted molar refractivity (Wildman–Crippen MR) is 56.4 cm³/mol. The molecule has 1 aliphatic heterocycles. The second-order valence-corrected chi connectivity index (χ2v) is 4.64. The number of ether oxygens (including phenoxy) is 1. The minimum absolute atomic E-state index is 0.103.